The third-order valence-electron chi connectivity index (χ3n) is 6.12. The molecule has 2 N–H and O–H groups in total. The first-order valence-corrected chi connectivity index (χ1v) is 13.9. The van der Waals surface area contributed by atoms with E-state index in [9.17, 15) is 14.4 Å². The molecule has 0 aliphatic heterocycles. The normalized spacial score (nSPS) is 10.9. The van der Waals surface area contributed by atoms with E-state index in [0.717, 1.165) is 4.90 Å². The third-order valence-corrected chi connectivity index (χ3v) is 7.12. The number of ether oxygens (including phenoxy) is 3. The smallest absolute Gasteiger partial charge is 0.272 e. The van der Waals surface area contributed by atoms with Crippen LogP contribution in [-0.4, -0.2) is 44.7 Å². The Balaban J connectivity index is 1.51. The van der Waals surface area contributed by atoms with Crippen LogP contribution in [-0.2, 0) is 4.79 Å². The van der Waals surface area contributed by atoms with E-state index in [4.69, 9.17) is 14.2 Å². The van der Waals surface area contributed by atoms with Crippen molar-refractivity contribution >= 4 is 41.1 Å². The molecular weight excluding hydrogens is 552 g/mol. The Hall–Kier alpha value is -5.02. The first kappa shape index (κ1) is 30.0. The minimum Gasteiger partial charge on any atom is -0.497 e. The fourth-order valence-corrected chi connectivity index (χ4v) is 4.77. The molecule has 2 amide bonds. The largest absolute Gasteiger partial charge is 0.497 e. The second-order valence-corrected chi connectivity index (χ2v) is 9.96. The maximum Gasteiger partial charge on any atom is 0.272 e. The zero-order valence-corrected chi connectivity index (χ0v) is 24.2. The van der Waals surface area contributed by atoms with Crippen LogP contribution in [0, 0.1) is 0 Å². The molecule has 0 bridgehead atoms. The average molecular weight is 583 g/mol. The second kappa shape index (κ2) is 14.6. The number of hydrogen-bond acceptors (Lipinski definition) is 7. The molecule has 0 radical (unpaired) electrons. The van der Waals surface area contributed by atoms with Crippen LogP contribution in [0.15, 0.2) is 108 Å². The van der Waals surface area contributed by atoms with Crippen LogP contribution in [0.25, 0.3) is 6.08 Å². The van der Waals surface area contributed by atoms with Crippen LogP contribution in [0.1, 0.15) is 26.3 Å². The van der Waals surface area contributed by atoms with E-state index in [1.807, 2.05) is 6.07 Å². The Kier molecular flexibility index (Phi) is 10.4. The van der Waals surface area contributed by atoms with Crippen LogP contribution >= 0.6 is 11.8 Å². The zero-order valence-electron chi connectivity index (χ0n) is 23.4. The molecule has 0 saturated heterocycles. The summed E-state index contributed by atoms with van der Waals surface area (Å²) in [5.41, 5.74) is 2.15. The summed E-state index contributed by atoms with van der Waals surface area (Å²) < 4.78 is 15.8. The summed E-state index contributed by atoms with van der Waals surface area (Å²) >= 11 is 1.36. The van der Waals surface area contributed by atoms with Gasteiger partial charge in [-0.1, -0.05) is 30.3 Å². The predicted molar refractivity (Wildman–Crippen MR) is 165 cm³/mol. The lowest BCUT2D eigenvalue weighted by Crippen LogP contribution is -2.30. The predicted octanol–water partition coefficient (Wildman–Crippen LogP) is 6.10. The second-order valence-electron chi connectivity index (χ2n) is 8.91. The summed E-state index contributed by atoms with van der Waals surface area (Å²) in [7, 11) is 4.63. The minimum absolute atomic E-state index is 0.0270. The number of anilines is 1. The third kappa shape index (κ3) is 8.02. The topological polar surface area (TPSA) is 103 Å². The van der Waals surface area contributed by atoms with Gasteiger partial charge in [0, 0.05) is 21.7 Å². The van der Waals surface area contributed by atoms with Gasteiger partial charge in [-0.3, -0.25) is 14.4 Å². The molecule has 0 fully saturated rings. The van der Waals surface area contributed by atoms with Gasteiger partial charge >= 0.3 is 0 Å². The van der Waals surface area contributed by atoms with Gasteiger partial charge in [0.2, 0.25) is 0 Å². The summed E-state index contributed by atoms with van der Waals surface area (Å²) in [4.78, 5) is 39.9. The fraction of sp³-hybridized carbons (Fsp3) is 0.121. The van der Waals surface area contributed by atoms with E-state index in [1.54, 1.807) is 104 Å². The molecule has 0 aromatic heterocycles. The van der Waals surface area contributed by atoms with E-state index in [1.165, 1.54) is 26.0 Å². The molecule has 0 saturated carbocycles. The van der Waals surface area contributed by atoms with Gasteiger partial charge in [-0.2, -0.15) is 0 Å². The van der Waals surface area contributed by atoms with Crippen LogP contribution in [0.3, 0.4) is 0 Å². The summed E-state index contributed by atoms with van der Waals surface area (Å²) in [6.45, 7) is 0. The summed E-state index contributed by atoms with van der Waals surface area (Å²) in [6, 6.07) is 27.9. The maximum absolute atomic E-state index is 13.5. The van der Waals surface area contributed by atoms with Crippen LogP contribution in [0.5, 0.6) is 17.2 Å². The van der Waals surface area contributed by atoms with Crippen molar-refractivity contribution in [3.8, 4) is 17.2 Å². The Bertz CT molecular complexity index is 1590. The summed E-state index contributed by atoms with van der Waals surface area (Å²) in [5, 5.41) is 5.58. The van der Waals surface area contributed by atoms with E-state index >= 15 is 0 Å². The molecule has 8 nitrogen and oxygen atoms in total. The minimum atomic E-state index is -0.523. The molecule has 4 aromatic rings. The van der Waals surface area contributed by atoms with Crippen molar-refractivity contribution in [1.82, 2.24) is 5.32 Å². The summed E-state index contributed by atoms with van der Waals surface area (Å²) in [6.07, 6.45) is 1.56. The van der Waals surface area contributed by atoms with E-state index in [2.05, 4.69) is 10.6 Å². The zero-order chi connectivity index (χ0) is 29.9. The van der Waals surface area contributed by atoms with Crippen molar-refractivity contribution in [3.63, 3.8) is 0 Å². The highest BCUT2D eigenvalue weighted by atomic mass is 32.2. The number of Topliss-reactive ketones (excluding diaryl/α,β-unsaturated/α-hetero) is 1. The molecule has 0 aliphatic carbocycles. The lowest BCUT2D eigenvalue weighted by Gasteiger charge is -2.13. The maximum atomic E-state index is 13.5. The number of carbonyl (C=O) groups is 3. The molecule has 0 unspecified atom stereocenters. The SMILES string of the molecule is COc1ccc(C(=O)CSc2cccc(NC(=O)/C(=C/c3ccc(OC)c(OC)c3)NC(=O)c3ccccc3)c2)cc1. The van der Waals surface area contributed by atoms with Crippen LogP contribution in [0.2, 0.25) is 0 Å². The number of hydrogen-bond donors (Lipinski definition) is 2. The van der Waals surface area contributed by atoms with Crippen LogP contribution in [0.4, 0.5) is 5.69 Å². The Labute approximate surface area is 248 Å². The molecule has 9 heteroatoms. The van der Waals surface area contributed by atoms with E-state index in [-0.39, 0.29) is 17.2 Å². The molecule has 4 rings (SSSR count). The number of ketones is 1. The molecule has 0 atom stereocenters. The Morgan fingerprint density at radius 1 is 0.738 bits per heavy atom. The number of carbonyl (C=O) groups excluding carboxylic acids is 3. The molecular formula is C33H30N2O6S. The quantitative estimate of drug-likeness (QED) is 0.118. The highest BCUT2D eigenvalue weighted by Gasteiger charge is 2.16. The van der Waals surface area contributed by atoms with Crippen LogP contribution < -0.4 is 24.8 Å². The first-order valence-electron chi connectivity index (χ1n) is 12.9. The molecule has 0 spiro atoms. The van der Waals surface area contributed by atoms with Gasteiger partial charge in [-0.15, -0.1) is 11.8 Å². The van der Waals surface area contributed by atoms with E-state index in [0.29, 0.717) is 39.6 Å². The molecule has 214 valence electrons. The molecule has 42 heavy (non-hydrogen) atoms. The molecule has 4 aromatic carbocycles. The lowest BCUT2D eigenvalue weighted by atomic mass is 10.1. The van der Waals surface area contributed by atoms with Crippen molar-refractivity contribution in [2.45, 2.75) is 4.90 Å². The van der Waals surface area contributed by atoms with Crippen molar-refractivity contribution in [2.24, 2.45) is 0 Å². The van der Waals surface area contributed by atoms with Crippen molar-refractivity contribution < 1.29 is 28.6 Å². The molecule has 0 aliphatic rings. The Morgan fingerprint density at radius 3 is 2.17 bits per heavy atom. The van der Waals surface area contributed by atoms with Gasteiger partial charge in [0.15, 0.2) is 17.3 Å². The van der Waals surface area contributed by atoms with Crippen molar-refractivity contribution in [2.75, 3.05) is 32.4 Å². The van der Waals surface area contributed by atoms with E-state index < -0.39 is 11.8 Å². The van der Waals surface area contributed by atoms with Gasteiger partial charge in [0.1, 0.15) is 11.4 Å². The number of amides is 2. The highest BCUT2D eigenvalue weighted by molar-refractivity contribution is 8.00. The van der Waals surface area contributed by atoms with Gasteiger partial charge < -0.3 is 24.8 Å². The highest BCUT2D eigenvalue weighted by Crippen LogP contribution is 2.29. The van der Waals surface area contributed by atoms with Gasteiger partial charge in [0.05, 0.1) is 27.1 Å². The van der Waals surface area contributed by atoms with Gasteiger partial charge in [-0.25, -0.2) is 0 Å². The standard InChI is InChI=1S/C33H30N2O6S/c1-39-26-15-13-23(14-16-26)29(36)21-42-27-11-7-10-25(20-27)34-33(38)28(35-32(37)24-8-5-4-6-9-24)18-22-12-17-30(40-2)31(19-22)41-3/h4-20H,21H2,1-3H3,(H,34,38)(H,35,37)/b28-18-. The summed E-state index contributed by atoms with van der Waals surface area (Å²) in [5.74, 6) is 0.942. The molecule has 0 heterocycles. The number of benzene rings is 4. The lowest BCUT2D eigenvalue weighted by molar-refractivity contribution is -0.113. The number of rotatable bonds is 12. The number of thioether (sulfide) groups is 1. The van der Waals surface area contributed by atoms with Crippen molar-refractivity contribution in [3.05, 3.63) is 119 Å². The number of nitrogens with one attached hydrogen (secondary N) is 2. The number of methoxy groups -OCH3 is 3. The van der Waals surface area contributed by atoms with Gasteiger partial charge in [0.25, 0.3) is 11.8 Å². The average Bonchev–Trinajstić information content (AvgIpc) is 3.03. The fourth-order valence-electron chi connectivity index (χ4n) is 3.92. The van der Waals surface area contributed by atoms with Crippen molar-refractivity contribution in [1.29, 1.82) is 0 Å². The first-order chi connectivity index (χ1) is 20.4. The monoisotopic (exact) mass is 582 g/mol. The van der Waals surface area contributed by atoms with Gasteiger partial charge in [-0.05, 0) is 78.4 Å². The Morgan fingerprint density at radius 2 is 1.48 bits per heavy atom.